The highest BCUT2D eigenvalue weighted by Gasteiger charge is 2.13. The van der Waals surface area contributed by atoms with Crippen LogP contribution < -0.4 is 5.32 Å². The molecule has 0 fully saturated rings. The second-order valence-electron chi connectivity index (χ2n) is 3.86. The molecule has 0 bridgehead atoms. The Morgan fingerprint density at radius 3 is 2.78 bits per heavy atom. The molecule has 0 aromatic heterocycles. The minimum Gasteiger partial charge on any atom is -0.478 e. The van der Waals surface area contributed by atoms with Crippen LogP contribution in [-0.4, -0.2) is 29.7 Å². The zero-order chi connectivity index (χ0) is 13.5. The predicted molar refractivity (Wildman–Crippen MR) is 66.3 cm³/mol. The van der Waals surface area contributed by atoms with Crippen LogP contribution in [0.1, 0.15) is 29.8 Å². The van der Waals surface area contributed by atoms with Gasteiger partial charge >= 0.3 is 11.9 Å². The van der Waals surface area contributed by atoms with Crippen LogP contribution in [0.15, 0.2) is 24.3 Å². The lowest BCUT2D eigenvalue weighted by Gasteiger charge is -2.12. The maximum atomic E-state index is 11.4. The third kappa shape index (κ3) is 4.18. The van der Waals surface area contributed by atoms with E-state index in [1.807, 2.05) is 0 Å². The standard InChI is InChI=1S/C13H17NO4/c1-3-18-13(17)9(2)14-8-10-5-4-6-11(7-10)12(15)16/h4-7,9,14H,3,8H2,1-2H3,(H,15,16). The average Bonchev–Trinajstić information content (AvgIpc) is 2.36. The Morgan fingerprint density at radius 1 is 1.44 bits per heavy atom. The number of rotatable bonds is 6. The molecule has 0 amide bonds. The zero-order valence-corrected chi connectivity index (χ0v) is 10.5. The summed E-state index contributed by atoms with van der Waals surface area (Å²) in [6, 6.07) is 6.17. The molecule has 0 heterocycles. The summed E-state index contributed by atoms with van der Waals surface area (Å²) in [5, 5.41) is 11.8. The molecule has 1 aromatic rings. The van der Waals surface area contributed by atoms with Crippen LogP contribution in [0.5, 0.6) is 0 Å². The van der Waals surface area contributed by atoms with Gasteiger partial charge in [-0.3, -0.25) is 4.79 Å². The molecule has 18 heavy (non-hydrogen) atoms. The second-order valence-corrected chi connectivity index (χ2v) is 3.86. The Labute approximate surface area is 106 Å². The second kappa shape index (κ2) is 6.76. The third-order valence-corrected chi connectivity index (χ3v) is 2.43. The van der Waals surface area contributed by atoms with Crippen molar-refractivity contribution in [3.63, 3.8) is 0 Å². The van der Waals surface area contributed by atoms with Crippen LogP contribution in [0.4, 0.5) is 0 Å². The summed E-state index contributed by atoms with van der Waals surface area (Å²) in [5.74, 6) is -1.28. The molecule has 1 rings (SSSR count). The van der Waals surface area contributed by atoms with E-state index in [2.05, 4.69) is 5.32 Å². The minimum absolute atomic E-state index is 0.234. The first-order valence-electron chi connectivity index (χ1n) is 5.76. The molecule has 5 heteroatoms. The lowest BCUT2D eigenvalue weighted by Crippen LogP contribution is -2.34. The van der Waals surface area contributed by atoms with E-state index in [0.717, 1.165) is 5.56 Å². The zero-order valence-electron chi connectivity index (χ0n) is 10.5. The van der Waals surface area contributed by atoms with Gasteiger partial charge in [-0.15, -0.1) is 0 Å². The Kier molecular flexibility index (Phi) is 5.32. The highest BCUT2D eigenvalue weighted by Crippen LogP contribution is 2.05. The molecule has 1 aromatic carbocycles. The van der Waals surface area contributed by atoms with E-state index in [9.17, 15) is 9.59 Å². The SMILES string of the molecule is CCOC(=O)C(C)NCc1cccc(C(=O)O)c1. The molecule has 0 spiro atoms. The molecule has 0 saturated carbocycles. The highest BCUT2D eigenvalue weighted by atomic mass is 16.5. The Bertz CT molecular complexity index is 431. The van der Waals surface area contributed by atoms with Gasteiger partial charge in [0.25, 0.3) is 0 Å². The van der Waals surface area contributed by atoms with Crippen molar-refractivity contribution < 1.29 is 19.4 Å². The van der Waals surface area contributed by atoms with Crippen molar-refractivity contribution in [1.29, 1.82) is 0 Å². The highest BCUT2D eigenvalue weighted by molar-refractivity contribution is 5.87. The van der Waals surface area contributed by atoms with Crippen LogP contribution in [-0.2, 0) is 16.1 Å². The summed E-state index contributed by atoms with van der Waals surface area (Å²) < 4.78 is 4.86. The van der Waals surface area contributed by atoms with Gasteiger partial charge < -0.3 is 15.2 Å². The summed E-state index contributed by atoms with van der Waals surface area (Å²) in [5.41, 5.74) is 1.05. The van der Waals surface area contributed by atoms with Gasteiger partial charge in [0.05, 0.1) is 12.2 Å². The number of ether oxygens (including phenoxy) is 1. The lowest BCUT2D eigenvalue weighted by molar-refractivity contribution is -0.145. The largest absolute Gasteiger partial charge is 0.478 e. The fraction of sp³-hybridized carbons (Fsp3) is 0.385. The van der Waals surface area contributed by atoms with Crippen LogP contribution >= 0.6 is 0 Å². The Balaban J connectivity index is 2.55. The molecule has 0 radical (unpaired) electrons. The van der Waals surface area contributed by atoms with Crippen molar-refractivity contribution in [2.75, 3.05) is 6.61 Å². The van der Waals surface area contributed by atoms with Crippen LogP contribution in [0.2, 0.25) is 0 Å². The number of aromatic carboxylic acids is 1. The predicted octanol–water partition coefficient (Wildman–Crippen LogP) is 1.43. The van der Waals surface area contributed by atoms with E-state index in [-0.39, 0.29) is 11.5 Å². The average molecular weight is 251 g/mol. The summed E-state index contributed by atoms with van der Waals surface area (Å²) in [6.07, 6.45) is 0. The van der Waals surface area contributed by atoms with E-state index in [1.54, 1.807) is 32.0 Å². The first kappa shape index (κ1) is 14.2. The van der Waals surface area contributed by atoms with Gasteiger partial charge in [0, 0.05) is 6.54 Å². The van der Waals surface area contributed by atoms with Gasteiger partial charge in [-0.1, -0.05) is 12.1 Å². The number of esters is 1. The van der Waals surface area contributed by atoms with Crippen molar-refractivity contribution in [2.45, 2.75) is 26.4 Å². The molecular weight excluding hydrogens is 234 g/mol. The van der Waals surface area contributed by atoms with Crippen molar-refractivity contribution in [1.82, 2.24) is 5.32 Å². The van der Waals surface area contributed by atoms with E-state index >= 15 is 0 Å². The van der Waals surface area contributed by atoms with Gasteiger partial charge in [-0.25, -0.2) is 4.79 Å². The van der Waals surface area contributed by atoms with Crippen molar-refractivity contribution >= 4 is 11.9 Å². The fourth-order valence-corrected chi connectivity index (χ4v) is 1.44. The van der Waals surface area contributed by atoms with Crippen molar-refractivity contribution in [3.05, 3.63) is 35.4 Å². The number of carbonyl (C=O) groups is 2. The summed E-state index contributed by atoms with van der Waals surface area (Å²) in [4.78, 5) is 22.2. The molecule has 2 N–H and O–H groups in total. The summed E-state index contributed by atoms with van der Waals surface area (Å²) in [6.45, 7) is 4.22. The maximum absolute atomic E-state index is 11.4. The van der Waals surface area contributed by atoms with Crippen LogP contribution in [0, 0.1) is 0 Å². The number of hydrogen-bond acceptors (Lipinski definition) is 4. The molecule has 1 atom stereocenters. The van der Waals surface area contributed by atoms with Gasteiger partial charge in [0.1, 0.15) is 6.04 Å². The molecule has 5 nitrogen and oxygen atoms in total. The molecule has 0 aliphatic carbocycles. The fourth-order valence-electron chi connectivity index (χ4n) is 1.44. The first-order valence-corrected chi connectivity index (χ1v) is 5.76. The first-order chi connectivity index (χ1) is 8.54. The molecular formula is C13H17NO4. The number of hydrogen-bond donors (Lipinski definition) is 2. The molecule has 0 aliphatic heterocycles. The minimum atomic E-state index is -0.963. The van der Waals surface area contributed by atoms with Crippen molar-refractivity contribution in [2.24, 2.45) is 0 Å². The number of carboxylic acids is 1. The van der Waals surface area contributed by atoms with E-state index in [0.29, 0.717) is 13.2 Å². The van der Waals surface area contributed by atoms with E-state index in [1.165, 1.54) is 6.07 Å². The normalized spacial score (nSPS) is 11.9. The number of carboxylic acid groups (broad SMARTS) is 1. The van der Waals surface area contributed by atoms with Gasteiger partial charge in [-0.2, -0.15) is 0 Å². The summed E-state index contributed by atoms with van der Waals surface area (Å²) >= 11 is 0. The third-order valence-electron chi connectivity index (χ3n) is 2.43. The number of nitrogens with one attached hydrogen (secondary N) is 1. The topological polar surface area (TPSA) is 75.6 Å². The summed E-state index contributed by atoms with van der Waals surface area (Å²) in [7, 11) is 0. The smallest absolute Gasteiger partial charge is 0.335 e. The molecule has 1 unspecified atom stereocenters. The Hall–Kier alpha value is -1.88. The van der Waals surface area contributed by atoms with Crippen molar-refractivity contribution in [3.8, 4) is 0 Å². The number of benzene rings is 1. The van der Waals surface area contributed by atoms with Gasteiger partial charge in [0.2, 0.25) is 0 Å². The van der Waals surface area contributed by atoms with Crippen LogP contribution in [0.25, 0.3) is 0 Å². The lowest BCUT2D eigenvalue weighted by atomic mass is 10.1. The molecule has 0 saturated heterocycles. The van der Waals surface area contributed by atoms with Crippen LogP contribution in [0.3, 0.4) is 0 Å². The maximum Gasteiger partial charge on any atom is 0.335 e. The molecule has 0 aliphatic rings. The monoisotopic (exact) mass is 251 g/mol. The quantitative estimate of drug-likeness (QED) is 0.748. The Morgan fingerprint density at radius 2 is 2.17 bits per heavy atom. The van der Waals surface area contributed by atoms with Gasteiger partial charge in [0.15, 0.2) is 0 Å². The van der Waals surface area contributed by atoms with Gasteiger partial charge in [-0.05, 0) is 31.5 Å². The van der Waals surface area contributed by atoms with E-state index in [4.69, 9.17) is 9.84 Å². The molecule has 98 valence electrons. The number of carbonyl (C=O) groups excluding carboxylic acids is 1. The van der Waals surface area contributed by atoms with E-state index < -0.39 is 12.0 Å².